The lowest BCUT2D eigenvalue weighted by Crippen LogP contribution is -2.01. The number of pyridine rings is 1. The van der Waals surface area contributed by atoms with Gasteiger partial charge in [-0.2, -0.15) is 0 Å². The molecule has 3 aromatic heterocycles. The molecule has 27 heavy (non-hydrogen) atoms. The van der Waals surface area contributed by atoms with E-state index >= 15 is 0 Å². The molecule has 136 valence electrons. The van der Waals surface area contributed by atoms with Gasteiger partial charge in [-0.3, -0.25) is 9.55 Å². The zero-order valence-electron chi connectivity index (χ0n) is 14.6. The molecule has 4 rings (SSSR count). The Labute approximate surface area is 169 Å². The van der Waals surface area contributed by atoms with E-state index in [1.165, 1.54) is 34.4 Å². The van der Waals surface area contributed by atoms with Crippen LogP contribution in [-0.2, 0) is 5.75 Å². The molecule has 4 aromatic rings. The van der Waals surface area contributed by atoms with Crippen LogP contribution in [0, 0.1) is 13.8 Å². The van der Waals surface area contributed by atoms with E-state index in [9.17, 15) is 0 Å². The van der Waals surface area contributed by atoms with E-state index in [0.29, 0.717) is 10.1 Å². The second-order valence-corrected chi connectivity index (χ2v) is 8.23. The molecule has 9 heteroatoms. The van der Waals surface area contributed by atoms with Crippen LogP contribution in [0.1, 0.15) is 16.8 Å². The number of benzene rings is 1. The van der Waals surface area contributed by atoms with Crippen molar-refractivity contribution in [3.05, 3.63) is 63.9 Å². The molecule has 0 amide bonds. The van der Waals surface area contributed by atoms with Crippen molar-refractivity contribution in [1.29, 1.82) is 0 Å². The summed E-state index contributed by atoms with van der Waals surface area (Å²) in [6, 6.07) is 10.2. The Balaban J connectivity index is 1.78. The van der Waals surface area contributed by atoms with Crippen LogP contribution in [0.15, 0.2) is 47.9 Å². The standard InChI is InChI=1S/C18H15ClN6S2/c1-11-3-4-14(9-12(11)2)25-17(13-5-7-20-8-6-13)22-23-18(25)26-10-15-16(19)27-24-21-15/h3-9H,10H2,1-2H3. The lowest BCUT2D eigenvalue weighted by atomic mass is 10.1. The van der Waals surface area contributed by atoms with E-state index in [2.05, 4.69) is 61.4 Å². The van der Waals surface area contributed by atoms with Crippen molar-refractivity contribution in [3.63, 3.8) is 0 Å². The number of aromatic nitrogens is 6. The maximum absolute atomic E-state index is 6.13. The highest BCUT2D eigenvalue weighted by atomic mass is 35.5. The number of hydrogen-bond donors (Lipinski definition) is 0. The van der Waals surface area contributed by atoms with Gasteiger partial charge in [0.15, 0.2) is 11.0 Å². The van der Waals surface area contributed by atoms with Crippen LogP contribution in [0.2, 0.25) is 4.34 Å². The van der Waals surface area contributed by atoms with E-state index in [0.717, 1.165) is 27.9 Å². The molecule has 0 radical (unpaired) electrons. The van der Waals surface area contributed by atoms with E-state index < -0.39 is 0 Å². The number of rotatable bonds is 5. The van der Waals surface area contributed by atoms with Gasteiger partial charge < -0.3 is 0 Å². The molecule has 0 unspecified atom stereocenters. The van der Waals surface area contributed by atoms with Crippen molar-refractivity contribution in [2.75, 3.05) is 0 Å². The van der Waals surface area contributed by atoms with Gasteiger partial charge >= 0.3 is 0 Å². The molecule has 0 bridgehead atoms. The first-order chi connectivity index (χ1) is 13.1. The van der Waals surface area contributed by atoms with Crippen molar-refractivity contribution >= 4 is 34.9 Å². The second-order valence-electron chi connectivity index (χ2n) is 5.93. The third-order valence-electron chi connectivity index (χ3n) is 4.17. The minimum absolute atomic E-state index is 0.578. The van der Waals surface area contributed by atoms with Gasteiger partial charge in [-0.25, -0.2) is 0 Å². The fraction of sp³-hybridized carbons (Fsp3) is 0.167. The Hall–Kier alpha value is -2.29. The van der Waals surface area contributed by atoms with Crippen LogP contribution in [0.5, 0.6) is 0 Å². The smallest absolute Gasteiger partial charge is 0.196 e. The summed E-state index contributed by atoms with van der Waals surface area (Å²) >= 11 is 8.85. The minimum Gasteiger partial charge on any atom is -0.270 e. The zero-order valence-corrected chi connectivity index (χ0v) is 17.0. The number of aryl methyl sites for hydroxylation is 2. The maximum atomic E-state index is 6.13. The van der Waals surface area contributed by atoms with Crippen LogP contribution < -0.4 is 0 Å². The molecule has 0 aliphatic rings. The summed E-state index contributed by atoms with van der Waals surface area (Å²) in [6.07, 6.45) is 3.50. The van der Waals surface area contributed by atoms with Gasteiger partial charge in [0.25, 0.3) is 0 Å². The van der Waals surface area contributed by atoms with Gasteiger partial charge in [0.1, 0.15) is 10.0 Å². The van der Waals surface area contributed by atoms with E-state index in [4.69, 9.17) is 11.6 Å². The molecule has 0 aliphatic heterocycles. The summed E-state index contributed by atoms with van der Waals surface area (Å²) in [7, 11) is 0. The monoisotopic (exact) mass is 414 g/mol. The SMILES string of the molecule is Cc1ccc(-n2c(SCc3nnsc3Cl)nnc2-c2ccncc2)cc1C. The van der Waals surface area contributed by atoms with Gasteiger partial charge in [-0.15, -0.1) is 15.3 Å². The molecule has 0 spiro atoms. The molecule has 6 nitrogen and oxygen atoms in total. The van der Waals surface area contributed by atoms with Gasteiger partial charge in [-0.1, -0.05) is 33.9 Å². The van der Waals surface area contributed by atoms with Crippen molar-refractivity contribution in [2.24, 2.45) is 0 Å². The highest BCUT2D eigenvalue weighted by Gasteiger charge is 2.18. The van der Waals surface area contributed by atoms with Crippen molar-refractivity contribution in [2.45, 2.75) is 24.8 Å². The first-order valence-electron chi connectivity index (χ1n) is 8.16. The fourth-order valence-electron chi connectivity index (χ4n) is 2.56. The molecular formula is C18H15ClN6S2. The molecule has 0 aliphatic carbocycles. The lowest BCUT2D eigenvalue weighted by molar-refractivity contribution is 0.883. The summed E-state index contributed by atoms with van der Waals surface area (Å²) in [6.45, 7) is 4.20. The van der Waals surface area contributed by atoms with Gasteiger partial charge in [-0.05, 0) is 49.2 Å². The molecule has 0 fully saturated rings. The first kappa shape index (κ1) is 18.1. The first-order valence-corrected chi connectivity index (χ1v) is 10.3. The summed E-state index contributed by atoms with van der Waals surface area (Å²) < 4.78 is 6.55. The Morgan fingerprint density at radius 1 is 1.04 bits per heavy atom. The summed E-state index contributed by atoms with van der Waals surface area (Å²) in [5, 5.41) is 13.7. The largest absolute Gasteiger partial charge is 0.270 e. The quantitative estimate of drug-likeness (QED) is 0.439. The maximum Gasteiger partial charge on any atom is 0.196 e. The predicted octanol–water partition coefficient (Wildman–Crippen LogP) is 4.74. The topological polar surface area (TPSA) is 69.4 Å². The normalized spacial score (nSPS) is 11.1. The number of thioether (sulfide) groups is 1. The molecule has 0 atom stereocenters. The number of hydrogen-bond acceptors (Lipinski definition) is 7. The summed E-state index contributed by atoms with van der Waals surface area (Å²) in [5.74, 6) is 1.35. The fourth-order valence-corrected chi connectivity index (χ4v) is 4.25. The third kappa shape index (κ3) is 3.73. The Bertz CT molecular complexity index is 1080. The van der Waals surface area contributed by atoms with E-state index in [1.807, 2.05) is 12.1 Å². The highest BCUT2D eigenvalue weighted by molar-refractivity contribution is 7.98. The van der Waals surface area contributed by atoms with Gasteiger partial charge in [0.05, 0.1) is 5.69 Å². The minimum atomic E-state index is 0.578. The number of nitrogens with zero attached hydrogens (tertiary/aromatic N) is 6. The van der Waals surface area contributed by atoms with Gasteiger partial charge in [0, 0.05) is 35.2 Å². The van der Waals surface area contributed by atoms with Crippen LogP contribution in [0.4, 0.5) is 0 Å². The summed E-state index contributed by atoms with van der Waals surface area (Å²) in [4.78, 5) is 4.09. The molecular weight excluding hydrogens is 400 g/mol. The Kier molecular flexibility index (Phi) is 5.20. The van der Waals surface area contributed by atoms with Crippen LogP contribution in [0.25, 0.3) is 17.1 Å². The Morgan fingerprint density at radius 2 is 1.85 bits per heavy atom. The molecule has 0 saturated carbocycles. The lowest BCUT2D eigenvalue weighted by Gasteiger charge is -2.12. The average molecular weight is 415 g/mol. The van der Waals surface area contributed by atoms with Crippen LogP contribution in [-0.4, -0.2) is 29.3 Å². The van der Waals surface area contributed by atoms with Gasteiger partial charge in [0.2, 0.25) is 0 Å². The van der Waals surface area contributed by atoms with Crippen molar-refractivity contribution < 1.29 is 0 Å². The molecule has 1 aromatic carbocycles. The average Bonchev–Trinajstić information content (AvgIpc) is 3.29. The van der Waals surface area contributed by atoms with E-state index in [-0.39, 0.29) is 0 Å². The second kappa shape index (κ2) is 7.75. The summed E-state index contributed by atoms with van der Waals surface area (Å²) in [5.41, 5.74) is 5.18. The van der Waals surface area contributed by atoms with Crippen LogP contribution in [0.3, 0.4) is 0 Å². The van der Waals surface area contributed by atoms with Crippen molar-refractivity contribution in [1.82, 2.24) is 29.3 Å². The highest BCUT2D eigenvalue weighted by Crippen LogP contribution is 2.31. The molecule has 3 heterocycles. The number of halogens is 1. The third-order valence-corrected chi connectivity index (χ3v) is 6.09. The molecule has 0 saturated heterocycles. The Morgan fingerprint density at radius 3 is 2.56 bits per heavy atom. The zero-order chi connectivity index (χ0) is 18.8. The predicted molar refractivity (Wildman–Crippen MR) is 109 cm³/mol. The molecule has 0 N–H and O–H groups in total. The van der Waals surface area contributed by atoms with E-state index in [1.54, 1.807) is 12.4 Å². The van der Waals surface area contributed by atoms with Crippen molar-refractivity contribution in [3.8, 4) is 17.1 Å². The van der Waals surface area contributed by atoms with Crippen LogP contribution >= 0.6 is 34.9 Å².